The highest BCUT2D eigenvalue weighted by Gasteiger charge is 2.36. The smallest absolute Gasteiger partial charge is 0.416 e. The van der Waals surface area contributed by atoms with Crippen LogP contribution in [-0.2, 0) is 20.4 Å². The van der Waals surface area contributed by atoms with Crippen molar-refractivity contribution < 1.29 is 27.4 Å². The summed E-state index contributed by atoms with van der Waals surface area (Å²) in [6, 6.07) is 12.0. The van der Waals surface area contributed by atoms with Crippen molar-refractivity contribution >= 4 is 29.1 Å². The van der Waals surface area contributed by atoms with Gasteiger partial charge in [-0.1, -0.05) is 69.8 Å². The molecule has 0 aromatic heterocycles. The minimum atomic E-state index is -4.38. The van der Waals surface area contributed by atoms with E-state index in [0.717, 1.165) is 67.2 Å². The molecular weight excluding hydrogens is 561 g/mol. The number of carbonyl (C=O) groups excluding carboxylic acids is 1. The number of carbonyl (C=O) groups is 1. The van der Waals surface area contributed by atoms with Crippen molar-refractivity contribution in [1.82, 2.24) is 4.90 Å². The molecule has 0 aliphatic carbocycles. The molecule has 1 saturated heterocycles. The molecule has 0 spiro atoms. The van der Waals surface area contributed by atoms with Gasteiger partial charge in [-0.25, -0.2) is 0 Å². The number of unbranched alkanes of at least 4 members (excludes halogenated alkanes) is 4. The molecule has 2 heterocycles. The van der Waals surface area contributed by atoms with Crippen molar-refractivity contribution in [2.24, 2.45) is 0 Å². The van der Waals surface area contributed by atoms with E-state index in [4.69, 9.17) is 9.47 Å². The van der Waals surface area contributed by atoms with Crippen LogP contribution in [0.2, 0.25) is 0 Å². The number of alkyl halides is 3. The molecule has 2 aromatic rings. The summed E-state index contributed by atoms with van der Waals surface area (Å²) in [6.45, 7) is 8.09. The van der Waals surface area contributed by atoms with Gasteiger partial charge in [0.15, 0.2) is 0 Å². The van der Waals surface area contributed by atoms with Crippen molar-refractivity contribution in [2.45, 2.75) is 99.6 Å². The van der Waals surface area contributed by atoms with E-state index in [1.807, 2.05) is 24.3 Å². The largest absolute Gasteiger partial charge is 0.463 e. The van der Waals surface area contributed by atoms with Crippen LogP contribution in [0.25, 0.3) is 0 Å². The third-order valence-electron chi connectivity index (χ3n) is 8.36. The Morgan fingerprint density at radius 3 is 2.38 bits per heavy atom. The second-order valence-electron chi connectivity index (χ2n) is 11.4. The highest BCUT2D eigenvalue weighted by molar-refractivity contribution is 7.99. The highest BCUT2D eigenvalue weighted by Crippen LogP contribution is 2.49. The molecule has 0 N–H and O–H groups in total. The normalized spacial score (nSPS) is 16.6. The van der Waals surface area contributed by atoms with Gasteiger partial charge in [0, 0.05) is 35.8 Å². The van der Waals surface area contributed by atoms with Crippen LogP contribution < -0.4 is 4.90 Å². The summed E-state index contributed by atoms with van der Waals surface area (Å²) < 4.78 is 52.3. The van der Waals surface area contributed by atoms with E-state index in [-0.39, 0.29) is 11.6 Å². The topological polar surface area (TPSA) is 42.0 Å². The summed E-state index contributed by atoms with van der Waals surface area (Å²) in [6.07, 6.45) is 5.80. The molecule has 2 aromatic carbocycles. The number of fused-ring (bicyclic) bond motifs is 2. The van der Waals surface area contributed by atoms with Gasteiger partial charge in [-0.05, 0) is 62.6 Å². The molecule has 0 radical (unpaired) electrons. The number of anilines is 2. The van der Waals surface area contributed by atoms with Crippen LogP contribution in [0.5, 0.6) is 0 Å². The van der Waals surface area contributed by atoms with Crippen LogP contribution in [0, 0.1) is 0 Å². The van der Waals surface area contributed by atoms with Crippen LogP contribution in [0.1, 0.15) is 83.6 Å². The van der Waals surface area contributed by atoms with Gasteiger partial charge >= 0.3 is 12.1 Å². The average Bonchev–Trinajstić information content (AvgIpc) is 2.99. The van der Waals surface area contributed by atoms with Gasteiger partial charge in [0.1, 0.15) is 6.61 Å². The Balaban J connectivity index is 1.34. The Morgan fingerprint density at radius 2 is 1.64 bits per heavy atom. The number of rotatable bonds is 15. The zero-order valence-electron chi connectivity index (χ0n) is 25.0. The summed E-state index contributed by atoms with van der Waals surface area (Å²) in [5, 5.41) is 0. The minimum absolute atomic E-state index is 0.183. The fourth-order valence-electron chi connectivity index (χ4n) is 5.92. The molecule has 9 heteroatoms. The number of para-hydroxylation sites is 1. The molecule has 0 saturated carbocycles. The number of ether oxygens (including phenoxy) is 2. The number of halogens is 3. The number of esters is 1. The van der Waals surface area contributed by atoms with E-state index in [9.17, 15) is 18.0 Å². The van der Waals surface area contributed by atoms with Crippen molar-refractivity contribution in [1.29, 1.82) is 0 Å². The summed E-state index contributed by atoms with van der Waals surface area (Å²) in [5.74, 6) is -0.200. The van der Waals surface area contributed by atoms with Crippen molar-refractivity contribution in [3.63, 3.8) is 0 Å². The minimum Gasteiger partial charge on any atom is -0.463 e. The molecule has 5 nitrogen and oxygen atoms in total. The molecule has 0 unspecified atom stereocenters. The molecule has 4 rings (SSSR count). The lowest BCUT2D eigenvalue weighted by atomic mass is 9.85. The molecule has 2 aliphatic rings. The number of hydrogen-bond acceptors (Lipinski definition) is 6. The maximum atomic E-state index is 13.6. The molecule has 2 aliphatic heterocycles. The number of likely N-dealkylation sites (tertiary alicyclic amines) is 1. The average molecular weight is 607 g/mol. The second-order valence-corrected chi connectivity index (χ2v) is 12.5. The van der Waals surface area contributed by atoms with E-state index < -0.39 is 11.7 Å². The summed E-state index contributed by atoms with van der Waals surface area (Å²) >= 11 is 1.53. The number of nitrogens with zero attached hydrogens (tertiary/aromatic N) is 2. The standard InChI is InChI=1S/C33H45F3N2O3S/c1-3-5-6-7-10-16-32(41-24-23-40-31(39)4-2)17-21-37(22-18-32)19-11-20-38-27-12-8-9-13-29(27)42-30-15-14-26(25-28(30)38)33(34,35)36/h8-9,12-15,25H,3-7,10-11,16-24H2,1-2H3. The molecule has 42 heavy (non-hydrogen) atoms. The predicted octanol–water partition coefficient (Wildman–Crippen LogP) is 8.86. The Hall–Kier alpha value is -2.23. The van der Waals surface area contributed by atoms with Gasteiger partial charge in [0.2, 0.25) is 0 Å². The van der Waals surface area contributed by atoms with Gasteiger partial charge in [-0.3, -0.25) is 4.79 Å². The lowest BCUT2D eigenvalue weighted by Gasteiger charge is -2.42. The zero-order chi connectivity index (χ0) is 30.0. The van der Waals surface area contributed by atoms with Crippen LogP contribution in [0.3, 0.4) is 0 Å². The molecule has 1 fully saturated rings. The van der Waals surface area contributed by atoms with Gasteiger partial charge in [-0.15, -0.1) is 0 Å². The Morgan fingerprint density at radius 1 is 0.905 bits per heavy atom. The Kier molecular flexibility index (Phi) is 12.0. The quantitative estimate of drug-likeness (QED) is 0.149. The SMILES string of the molecule is CCCCCCCC1(OCCOC(=O)CC)CCN(CCCN2c3ccccc3Sc3ccc(C(F)(F)F)cc32)CC1. The van der Waals surface area contributed by atoms with Crippen LogP contribution in [-0.4, -0.2) is 55.9 Å². The first-order valence-electron chi connectivity index (χ1n) is 15.5. The summed E-state index contributed by atoms with van der Waals surface area (Å²) in [7, 11) is 0. The zero-order valence-corrected chi connectivity index (χ0v) is 25.8. The van der Waals surface area contributed by atoms with Crippen LogP contribution >= 0.6 is 11.8 Å². The van der Waals surface area contributed by atoms with E-state index >= 15 is 0 Å². The van der Waals surface area contributed by atoms with Crippen molar-refractivity contribution in [2.75, 3.05) is 44.3 Å². The van der Waals surface area contributed by atoms with Crippen LogP contribution in [0.4, 0.5) is 24.5 Å². The first kappa shape index (κ1) is 32.7. The van der Waals surface area contributed by atoms with E-state index in [0.29, 0.717) is 31.9 Å². The molecular formula is C33H45F3N2O3S. The lowest BCUT2D eigenvalue weighted by Crippen LogP contribution is -2.47. The van der Waals surface area contributed by atoms with E-state index in [1.165, 1.54) is 49.6 Å². The van der Waals surface area contributed by atoms with Gasteiger partial charge in [-0.2, -0.15) is 13.2 Å². The Bertz CT molecular complexity index is 1150. The predicted molar refractivity (Wildman–Crippen MR) is 163 cm³/mol. The van der Waals surface area contributed by atoms with E-state index in [2.05, 4.69) is 16.7 Å². The number of benzene rings is 2. The first-order chi connectivity index (χ1) is 20.2. The fourth-order valence-corrected chi connectivity index (χ4v) is 6.99. The maximum Gasteiger partial charge on any atom is 0.416 e. The second kappa shape index (κ2) is 15.5. The maximum absolute atomic E-state index is 13.6. The van der Waals surface area contributed by atoms with Gasteiger partial charge in [0.25, 0.3) is 0 Å². The molecule has 0 amide bonds. The molecule has 0 bridgehead atoms. The molecule has 232 valence electrons. The van der Waals surface area contributed by atoms with E-state index in [1.54, 1.807) is 13.0 Å². The monoisotopic (exact) mass is 606 g/mol. The van der Waals surface area contributed by atoms with Gasteiger partial charge < -0.3 is 19.3 Å². The number of piperidine rings is 1. The third kappa shape index (κ3) is 8.89. The van der Waals surface area contributed by atoms with Crippen LogP contribution in [0.15, 0.2) is 52.3 Å². The first-order valence-corrected chi connectivity index (χ1v) is 16.3. The lowest BCUT2D eigenvalue weighted by molar-refractivity contribution is -0.149. The summed E-state index contributed by atoms with van der Waals surface area (Å²) in [4.78, 5) is 18.0. The third-order valence-corrected chi connectivity index (χ3v) is 9.49. The van der Waals surface area contributed by atoms with Crippen molar-refractivity contribution in [3.8, 4) is 0 Å². The van der Waals surface area contributed by atoms with Gasteiger partial charge in [0.05, 0.1) is 29.1 Å². The van der Waals surface area contributed by atoms with Crippen molar-refractivity contribution in [3.05, 3.63) is 48.0 Å². The highest BCUT2D eigenvalue weighted by atomic mass is 32.2. The Labute approximate surface area is 253 Å². The number of hydrogen-bond donors (Lipinski definition) is 0. The summed E-state index contributed by atoms with van der Waals surface area (Å²) in [5.41, 5.74) is 0.800. The fraction of sp³-hybridized carbons (Fsp3) is 0.606. The molecule has 0 atom stereocenters.